The molecule has 0 aromatic heterocycles. The number of methoxy groups -OCH3 is 1. The summed E-state index contributed by atoms with van der Waals surface area (Å²) in [5.41, 5.74) is 1.16. The number of allylic oxidation sites excluding steroid dienone is 2. The number of benzene rings is 1. The van der Waals surface area contributed by atoms with Crippen molar-refractivity contribution in [1.29, 1.82) is 0 Å². The Morgan fingerprint density at radius 1 is 1.47 bits per heavy atom. The summed E-state index contributed by atoms with van der Waals surface area (Å²) in [4.78, 5) is 11.3. The number of phenols is 1. The van der Waals surface area contributed by atoms with Gasteiger partial charge in [0.25, 0.3) is 0 Å². The van der Waals surface area contributed by atoms with Gasteiger partial charge in [0.1, 0.15) is 11.3 Å². The second-order valence-electron chi connectivity index (χ2n) is 2.92. The van der Waals surface area contributed by atoms with Crippen molar-refractivity contribution in [3.05, 3.63) is 48.6 Å². The molecule has 15 heavy (non-hydrogen) atoms. The minimum absolute atomic E-state index is 0.123. The van der Waals surface area contributed by atoms with Crippen molar-refractivity contribution in [2.45, 2.75) is 0 Å². The van der Waals surface area contributed by atoms with Gasteiger partial charge in [-0.05, 0) is 11.6 Å². The van der Waals surface area contributed by atoms with Crippen LogP contribution in [0.2, 0.25) is 0 Å². The Morgan fingerprint density at radius 3 is 2.60 bits per heavy atom. The molecule has 0 saturated heterocycles. The second kappa shape index (κ2) is 4.46. The van der Waals surface area contributed by atoms with E-state index >= 15 is 0 Å². The normalized spacial score (nSPS) is 9.40. The highest BCUT2D eigenvalue weighted by Gasteiger charge is 2.14. The van der Waals surface area contributed by atoms with Gasteiger partial charge in [-0.2, -0.15) is 0 Å². The van der Waals surface area contributed by atoms with Crippen molar-refractivity contribution in [3.8, 4) is 5.75 Å². The zero-order valence-electron chi connectivity index (χ0n) is 8.49. The summed E-state index contributed by atoms with van der Waals surface area (Å²) in [5, 5.41) is 9.78. The molecule has 0 atom stereocenters. The van der Waals surface area contributed by atoms with Crippen molar-refractivity contribution in [2.24, 2.45) is 0 Å². The number of phenolic OH excluding ortho intramolecular Hbond substituents is 1. The molecule has 1 aromatic rings. The average Bonchev–Trinajstić information content (AvgIpc) is 2.27. The number of rotatable bonds is 3. The van der Waals surface area contributed by atoms with Gasteiger partial charge < -0.3 is 9.84 Å². The van der Waals surface area contributed by atoms with Crippen LogP contribution in [0.15, 0.2) is 37.4 Å². The lowest BCUT2D eigenvalue weighted by atomic mass is 10.0. The maximum absolute atomic E-state index is 11.3. The van der Waals surface area contributed by atoms with Crippen molar-refractivity contribution in [2.75, 3.05) is 7.11 Å². The van der Waals surface area contributed by atoms with Gasteiger partial charge in [0.05, 0.1) is 7.11 Å². The molecule has 1 rings (SSSR count). The van der Waals surface area contributed by atoms with E-state index in [4.69, 9.17) is 0 Å². The molecule has 3 nitrogen and oxygen atoms in total. The van der Waals surface area contributed by atoms with Crippen LogP contribution in [-0.2, 0) is 4.74 Å². The number of carbonyl (C=O) groups excluding carboxylic acids is 1. The summed E-state index contributed by atoms with van der Waals surface area (Å²) in [5.74, 6) is -0.708. The lowest BCUT2D eigenvalue weighted by Crippen LogP contribution is -2.02. The Bertz CT molecular complexity index is 419. The Balaban J connectivity index is 3.28. The van der Waals surface area contributed by atoms with Crippen LogP contribution in [0.4, 0.5) is 0 Å². The van der Waals surface area contributed by atoms with Gasteiger partial charge >= 0.3 is 5.97 Å². The third-order valence-electron chi connectivity index (χ3n) is 2.03. The minimum Gasteiger partial charge on any atom is -0.506 e. The maximum atomic E-state index is 11.3. The summed E-state index contributed by atoms with van der Waals surface area (Å²) in [7, 11) is 1.26. The molecule has 0 saturated carbocycles. The van der Waals surface area contributed by atoms with E-state index in [0.717, 1.165) is 0 Å². The van der Waals surface area contributed by atoms with Crippen LogP contribution in [-0.4, -0.2) is 18.2 Å². The molecule has 0 bridgehead atoms. The Kier molecular flexibility index (Phi) is 3.29. The molecule has 0 spiro atoms. The maximum Gasteiger partial charge on any atom is 0.341 e. The molecule has 0 aliphatic heterocycles. The summed E-state index contributed by atoms with van der Waals surface area (Å²) in [6.45, 7) is 7.25. The SMILES string of the molecule is C=CC(=C)c1cccc(C(=O)OC)c1O. The monoisotopic (exact) mass is 204 g/mol. The zero-order valence-corrected chi connectivity index (χ0v) is 8.49. The first-order valence-corrected chi connectivity index (χ1v) is 4.33. The van der Waals surface area contributed by atoms with Gasteiger partial charge in [0.2, 0.25) is 0 Å². The first-order chi connectivity index (χ1) is 7.11. The third kappa shape index (κ3) is 2.07. The molecule has 0 fully saturated rings. The van der Waals surface area contributed by atoms with Gasteiger partial charge in [-0.25, -0.2) is 4.79 Å². The van der Waals surface area contributed by atoms with E-state index in [2.05, 4.69) is 17.9 Å². The standard InChI is InChI=1S/C12H12O3/c1-4-8(2)9-6-5-7-10(11(9)13)12(14)15-3/h4-7,13H,1-2H2,3H3. The van der Waals surface area contributed by atoms with Crippen LogP contribution >= 0.6 is 0 Å². The van der Waals surface area contributed by atoms with Gasteiger partial charge in [-0.3, -0.25) is 0 Å². The molecule has 0 unspecified atom stereocenters. The number of hydrogen-bond acceptors (Lipinski definition) is 3. The smallest absolute Gasteiger partial charge is 0.341 e. The van der Waals surface area contributed by atoms with Crippen molar-refractivity contribution in [1.82, 2.24) is 0 Å². The van der Waals surface area contributed by atoms with Gasteiger partial charge in [0.15, 0.2) is 0 Å². The lowest BCUT2D eigenvalue weighted by molar-refractivity contribution is 0.0597. The number of hydrogen-bond donors (Lipinski definition) is 1. The van der Waals surface area contributed by atoms with Crippen LogP contribution in [0.3, 0.4) is 0 Å². The van der Waals surface area contributed by atoms with E-state index in [1.807, 2.05) is 0 Å². The van der Waals surface area contributed by atoms with Gasteiger partial charge in [-0.15, -0.1) is 0 Å². The summed E-state index contributed by atoms with van der Waals surface area (Å²) < 4.78 is 4.53. The molecule has 0 amide bonds. The summed E-state index contributed by atoms with van der Waals surface area (Å²) in [6, 6.07) is 4.79. The van der Waals surface area contributed by atoms with Gasteiger partial charge in [-0.1, -0.05) is 31.4 Å². The van der Waals surface area contributed by atoms with Crippen molar-refractivity contribution in [3.63, 3.8) is 0 Å². The first-order valence-electron chi connectivity index (χ1n) is 4.33. The number of ether oxygens (including phenoxy) is 1. The molecule has 0 radical (unpaired) electrons. The topological polar surface area (TPSA) is 46.5 Å². The second-order valence-corrected chi connectivity index (χ2v) is 2.92. The van der Waals surface area contributed by atoms with E-state index < -0.39 is 5.97 Å². The predicted molar refractivity (Wildman–Crippen MR) is 58.7 cm³/mol. The fourth-order valence-electron chi connectivity index (χ4n) is 1.19. The number of para-hydroxylation sites is 1. The predicted octanol–water partition coefficient (Wildman–Crippen LogP) is 2.38. The quantitative estimate of drug-likeness (QED) is 0.607. The van der Waals surface area contributed by atoms with Crippen LogP contribution in [0.25, 0.3) is 5.57 Å². The van der Waals surface area contributed by atoms with E-state index in [1.54, 1.807) is 12.1 Å². The average molecular weight is 204 g/mol. The fraction of sp³-hybridized carbons (Fsp3) is 0.0833. The highest BCUT2D eigenvalue weighted by molar-refractivity contribution is 5.95. The first kappa shape index (κ1) is 11.0. The Labute approximate surface area is 88.3 Å². The zero-order chi connectivity index (χ0) is 11.4. The van der Waals surface area contributed by atoms with Crippen LogP contribution in [0.5, 0.6) is 5.75 Å². The summed E-state index contributed by atoms with van der Waals surface area (Å²) in [6.07, 6.45) is 1.51. The number of aromatic hydroxyl groups is 1. The van der Waals surface area contributed by atoms with Crippen molar-refractivity contribution < 1.29 is 14.6 Å². The Morgan fingerprint density at radius 2 is 2.07 bits per heavy atom. The molecule has 78 valence electrons. The number of esters is 1. The number of carbonyl (C=O) groups is 1. The molecule has 1 N–H and O–H groups in total. The van der Waals surface area contributed by atoms with Gasteiger partial charge in [0, 0.05) is 5.56 Å². The lowest BCUT2D eigenvalue weighted by Gasteiger charge is -2.07. The van der Waals surface area contributed by atoms with E-state index in [0.29, 0.717) is 11.1 Å². The molecular weight excluding hydrogens is 192 g/mol. The molecule has 3 heteroatoms. The van der Waals surface area contributed by atoms with Crippen LogP contribution in [0.1, 0.15) is 15.9 Å². The van der Waals surface area contributed by atoms with Crippen LogP contribution in [0, 0.1) is 0 Å². The van der Waals surface area contributed by atoms with E-state index in [1.165, 1.54) is 19.3 Å². The third-order valence-corrected chi connectivity index (χ3v) is 2.03. The largest absolute Gasteiger partial charge is 0.506 e. The molecule has 0 aliphatic carbocycles. The fourth-order valence-corrected chi connectivity index (χ4v) is 1.19. The molecule has 0 aliphatic rings. The molecular formula is C12H12O3. The van der Waals surface area contributed by atoms with Crippen LogP contribution < -0.4 is 0 Å². The minimum atomic E-state index is -0.578. The molecule has 1 aromatic carbocycles. The summed E-state index contributed by atoms with van der Waals surface area (Å²) >= 11 is 0. The van der Waals surface area contributed by atoms with E-state index in [9.17, 15) is 9.90 Å². The van der Waals surface area contributed by atoms with Crippen molar-refractivity contribution >= 4 is 11.5 Å². The molecule has 0 heterocycles. The highest BCUT2D eigenvalue weighted by atomic mass is 16.5. The van der Waals surface area contributed by atoms with E-state index in [-0.39, 0.29) is 11.3 Å². The highest BCUT2D eigenvalue weighted by Crippen LogP contribution is 2.28. The Hall–Kier alpha value is -2.03.